The molecule has 2 aromatic carbocycles. The summed E-state index contributed by atoms with van der Waals surface area (Å²) in [6.07, 6.45) is 0. The lowest BCUT2D eigenvalue weighted by molar-refractivity contribution is 0.101. The fourth-order valence-corrected chi connectivity index (χ4v) is 1.96. The van der Waals surface area contributed by atoms with Gasteiger partial charge in [0.25, 0.3) is 5.91 Å². The van der Waals surface area contributed by atoms with Crippen molar-refractivity contribution in [1.82, 2.24) is 0 Å². The van der Waals surface area contributed by atoms with Crippen molar-refractivity contribution in [2.75, 3.05) is 5.32 Å². The molecular formula is C16H14FNO2. The van der Waals surface area contributed by atoms with Crippen LogP contribution in [-0.2, 0) is 0 Å². The molecule has 0 bridgehead atoms. The predicted molar refractivity (Wildman–Crippen MR) is 75.5 cm³/mol. The number of rotatable bonds is 3. The number of anilines is 1. The quantitative estimate of drug-likeness (QED) is 0.867. The molecule has 0 spiro atoms. The van der Waals surface area contributed by atoms with E-state index in [2.05, 4.69) is 5.32 Å². The van der Waals surface area contributed by atoms with Crippen LogP contribution in [0.15, 0.2) is 42.5 Å². The van der Waals surface area contributed by atoms with E-state index in [0.29, 0.717) is 16.8 Å². The highest BCUT2D eigenvalue weighted by atomic mass is 19.1. The number of carbonyl (C=O) groups excluding carboxylic acids is 2. The summed E-state index contributed by atoms with van der Waals surface area (Å²) in [5, 5.41) is 2.64. The van der Waals surface area contributed by atoms with Crippen molar-refractivity contribution >= 4 is 17.4 Å². The van der Waals surface area contributed by atoms with E-state index in [9.17, 15) is 14.0 Å². The van der Waals surface area contributed by atoms with Gasteiger partial charge in [-0.25, -0.2) is 4.39 Å². The fraction of sp³-hybridized carbons (Fsp3) is 0.125. The normalized spacial score (nSPS) is 10.2. The molecule has 0 heterocycles. The standard InChI is InChI=1S/C16H14FNO2/c1-10-7-12(9-13(17)8-10)16(20)18-15-6-4-3-5-14(15)11(2)19/h3-9H,1-2H3,(H,18,20). The first-order chi connectivity index (χ1) is 9.47. The van der Waals surface area contributed by atoms with Gasteiger partial charge in [-0.15, -0.1) is 0 Å². The first-order valence-corrected chi connectivity index (χ1v) is 6.16. The smallest absolute Gasteiger partial charge is 0.255 e. The third-order valence-corrected chi connectivity index (χ3v) is 2.86. The molecule has 0 saturated carbocycles. The van der Waals surface area contributed by atoms with E-state index in [-0.39, 0.29) is 11.3 Å². The van der Waals surface area contributed by atoms with Crippen molar-refractivity contribution in [2.45, 2.75) is 13.8 Å². The highest BCUT2D eigenvalue weighted by molar-refractivity contribution is 6.09. The monoisotopic (exact) mass is 271 g/mol. The molecule has 2 aromatic rings. The van der Waals surface area contributed by atoms with Gasteiger partial charge < -0.3 is 5.32 Å². The molecule has 0 saturated heterocycles. The lowest BCUT2D eigenvalue weighted by Gasteiger charge is -2.09. The van der Waals surface area contributed by atoms with Crippen LogP contribution in [0.2, 0.25) is 0 Å². The average Bonchev–Trinajstić information content (AvgIpc) is 2.37. The molecule has 0 aliphatic heterocycles. The summed E-state index contributed by atoms with van der Waals surface area (Å²) in [6, 6.07) is 10.8. The summed E-state index contributed by atoms with van der Waals surface area (Å²) < 4.78 is 13.3. The molecule has 0 aliphatic rings. The number of benzene rings is 2. The SMILES string of the molecule is CC(=O)c1ccccc1NC(=O)c1cc(C)cc(F)c1. The van der Waals surface area contributed by atoms with Gasteiger partial charge in [0.15, 0.2) is 5.78 Å². The Bertz CT molecular complexity index is 660. The number of halogens is 1. The molecule has 4 heteroatoms. The van der Waals surface area contributed by atoms with Crippen LogP contribution in [0, 0.1) is 12.7 Å². The molecule has 3 nitrogen and oxygen atoms in total. The second-order valence-corrected chi connectivity index (χ2v) is 4.57. The number of Topliss-reactive ketones (excluding diaryl/α,β-unsaturated/α-hetero) is 1. The summed E-state index contributed by atoms with van der Waals surface area (Å²) in [4.78, 5) is 23.6. The number of ketones is 1. The van der Waals surface area contributed by atoms with Gasteiger partial charge in [0.2, 0.25) is 0 Å². The van der Waals surface area contributed by atoms with Gasteiger partial charge in [-0.3, -0.25) is 9.59 Å². The first-order valence-electron chi connectivity index (χ1n) is 6.16. The van der Waals surface area contributed by atoms with Crippen LogP contribution in [0.5, 0.6) is 0 Å². The number of carbonyl (C=O) groups is 2. The lowest BCUT2D eigenvalue weighted by atomic mass is 10.1. The highest BCUT2D eigenvalue weighted by Gasteiger charge is 2.12. The van der Waals surface area contributed by atoms with E-state index in [0.717, 1.165) is 0 Å². The number of aryl methyl sites for hydroxylation is 1. The summed E-state index contributed by atoms with van der Waals surface area (Å²) >= 11 is 0. The second-order valence-electron chi connectivity index (χ2n) is 4.57. The predicted octanol–water partition coefficient (Wildman–Crippen LogP) is 3.59. The van der Waals surface area contributed by atoms with Gasteiger partial charge in [0, 0.05) is 11.1 Å². The molecule has 102 valence electrons. The van der Waals surface area contributed by atoms with Crippen LogP contribution in [-0.4, -0.2) is 11.7 Å². The Morgan fingerprint density at radius 3 is 2.45 bits per heavy atom. The summed E-state index contributed by atoms with van der Waals surface area (Å²) in [6.45, 7) is 3.14. The minimum absolute atomic E-state index is 0.142. The van der Waals surface area contributed by atoms with Crippen molar-refractivity contribution < 1.29 is 14.0 Å². The fourth-order valence-electron chi connectivity index (χ4n) is 1.96. The van der Waals surface area contributed by atoms with E-state index in [1.807, 2.05) is 0 Å². The van der Waals surface area contributed by atoms with Crippen molar-refractivity contribution in [3.8, 4) is 0 Å². The number of hydrogen-bond donors (Lipinski definition) is 1. The topological polar surface area (TPSA) is 46.2 Å². The maximum atomic E-state index is 13.3. The van der Waals surface area contributed by atoms with Gasteiger partial charge in [0.05, 0.1) is 5.69 Å². The lowest BCUT2D eigenvalue weighted by Crippen LogP contribution is -2.14. The zero-order valence-corrected chi connectivity index (χ0v) is 11.2. The minimum atomic E-state index is -0.463. The molecule has 0 unspecified atom stereocenters. The van der Waals surface area contributed by atoms with Crippen molar-refractivity contribution in [3.63, 3.8) is 0 Å². The van der Waals surface area contributed by atoms with Crippen LogP contribution < -0.4 is 5.32 Å². The molecule has 1 N–H and O–H groups in total. The Balaban J connectivity index is 2.30. The number of para-hydroxylation sites is 1. The Labute approximate surface area is 116 Å². The van der Waals surface area contributed by atoms with E-state index in [4.69, 9.17) is 0 Å². The Morgan fingerprint density at radius 2 is 1.80 bits per heavy atom. The van der Waals surface area contributed by atoms with Gasteiger partial charge >= 0.3 is 0 Å². The van der Waals surface area contributed by atoms with Crippen LogP contribution in [0.3, 0.4) is 0 Å². The zero-order valence-electron chi connectivity index (χ0n) is 11.2. The third kappa shape index (κ3) is 3.09. The van der Waals surface area contributed by atoms with Crippen LogP contribution in [0.25, 0.3) is 0 Å². The number of nitrogens with one attached hydrogen (secondary N) is 1. The third-order valence-electron chi connectivity index (χ3n) is 2.86. The highest BCUT2D eigenvalue weighted by Crippen LogP contribution is 2.17. The Morgan fingerprint density at radius 1 is 1.10 bits per heavy atom. The molecule has 0 atom stereocenters. The minimum Gasteiger partial charge on any atom is -0.321 e. The maximum absolute atomic E-state index is 13.3. The van der Waals surface area contributed by atoms with Gasteiger partial charge in [-0.2, -0.15) is 0 Å². The average molecular weight is 271 g/mol. The van der Waals surface area contributed by atoms with Crippen molar-refractivity contribution in [3.05, 3.63) is 65.0 Å². The Kier molecular flexibility index (Phi) is 3.94. The van der Waals surface area contributed by atoms with Crippen molar-refractivity contribution in [2.24, 2.45) is 0 Å². The Hall–Kier alpha value is -2.49. The molecule has 0 aromatic heterocycles. The van der Waals surface area contributed by atoms with E-state index >= 15 is 0 Å². The van der Waals surface area contributed by atoms with Gasteiger partial charge in [-0.1, -0.05) is 12.1 Å². The summed E-state index contributed by atoms with van der Waals surface area (Å²) in [5.41, 5.74) is 1.73. The van der Waals surface area contributed by atoms with Gasteiger partial charge in [0.1, 0.15) is 5.82 Å². The summed E-state index contributed by atoms with van der Waals surface area (Å²) in [7, 11) is 0. The van der Waals surface area contributed by atoms with E-state index < -0.39 is 11.7 Å². The van der Waals surface area contributed by atoms with Crippen LogP contribution in [0.1, 0.15) is 33.2 Å². The maximum Gasteiger partial charge on any atom is 0.255 e. The van der Waals surface area contributed by atoms with Crippen molar-refractivity contribution in [1.29, 1.82) is 0 Å². The van der Waals surface area contributed by atoms with Gasteiger partial charge in [-0.05, 0) is 49.7 Å². The molecule has 2 rings (SSSR count). The van der Waals surface area contributed by atoms with Crippen LogP contribution in [0.4, 0.5) is 10.1 Å². The van der Waals surface area contributed by atoms with E-state index in [1.165, 1.54) is 19.1 Å². The number of amides is 1. The molecular weight excluding hydrogens is 257 g/mol. The summed E-state index contributed by atoms with van der Waals surface area (Å²) in [5.74, 6) is -1.05. The molecule has 0 aliphatic carbocycles. The first kappa shape index (κ1) is 13.9. The molecule has 1 amide bonds. The largest absolute Gasteiger partial charge is 0.321 e. The zero-order chi connectivity index (χ0) is 14.7. The molecule has 0 radical (unpaired) electrons. The van der Waals surface area contributed by atoms with Crippen LogP contribution >= 0.6 is 0 Å². The van der Waals surface area contributed by atoms with E-state index in [1.54, 1.807) is 37.3 Å². The molecule has 20 heavy (non-hydrogen) atoms. The molecule has 0 fully saturated rings. The second kappa shape index (κ2) is 5.65. The number of hydrogen-bond acceptors (Lipinski definition) is 2.